The molecule has 0 bridgehead atoms. The monoisotopic (exact) mass is 364 g/mol. The number of hydrogen-bond donors (Lipinski definition) is 2. The van der Waals surface area contributed by atoms with E-state index in [-0.39, 0.29) is 24.4 Å². The summed E-state index contributed by atoms with van der Waals surface area (Å²) in [7, 11) is 1.88. The number of carbonyl (C=O) groups is 1. The molecule has 4 nitrogen and oxygen atoms in total. The predicted molar refractivity (Wildman–Crippen MR) is 88.9 cm³/mol. The van der Waals surface area contributed by atoms with Crippen molar-refractivity contribution < 1.29 is 9.53 Å². The minimum atomic E-state index is 0. The van der Waals surface area contributed by atoms with Gasteiger partial charge < -0.3 is 15.4 Å². The topological polar surface area (TPSA) is 50.4 Å². The molecule has 114 valence electrons. The Kier molecular flexibility index (Phi) is 9.63. The summed E-state index contributed by atoms with van der Waals surface area (Å²) in [6, 6.07) is 5.58. The van der Waals surface area contributed by atoms with Crippen LogP contribution in [0.1, 0.15) is 26.7 Å². The largest absolute Gasteiger partial charge is 0.491 e. The molecule has 1 aromatic carbocycles. The third kappa shape index (κ3) is 7.72. The molecule has 2 N–H and O–H groups in total. The normalized spacial score (nSPS) is 10.1. The minimum Gasteiger partial charge on any atom is -0.491 e. The van der Waals surface area contributed by atoms with E-state index in [0.717, 1.165) is 28.9 Å². The van der Waals surface area contributed by atoms with E-state index in [9.17, 15) is 4.79 Å². The van der Waals surface area contributed by atoms with Gasteiger partial charge in [0.15, 0.2) is 0 Å². The average Bonchev–Trinajstić information content (AvgIpc) is 2.27. The van der Waals surface area contributed by atoms with Crippen molar-refractivity contribution in [1.82, 2.24) is 5.32 Å². The van der Waals surface area contributed by atoms with Gasteiger partial charge >= 0.3 is 0 Å². The van der Waals surface area contributed by atoms with Gasteiger partial charge in [-0.05, 0) is 46.0 Å². The molecule has 0 atom stereocenters. The first-order valence-corrected chi connectivity index (χ1v) is 7.22. The van der Waals surface area contributed by atoms with Gasteiger partial charge in [0.2, 0.25) is 5.91 Å². The molecule has 0 spiro atoms. The van der Waals surface area contributed by atoms with Crippen molar-refractivity contribution in [3.8, 4) is 5.75 Å². The number of carbonyl (C=O) groups excluding carboxylic acids is 1. The van der Waals surface area contributed by atoms with E-state index in [4.69, 9.17) is 4.74 Å². The highest BCUT2D eigenvalue weighted by Crippen LogP contribution is 2.25. The molecule has 0 fully saturated rings. The van der Waals surface area contributed by atoms with Crippen LogP contribution in [0.25, 0.3) is 0 Å². The van der Waals surface area contributed by atoms with Crippen molar-refractivity contribution in [2.24, 2.45) is 0 Å². The van der Waals surface area contributed by atoms with E-state index >= 15 is 0 Å². The van der Waals surface area contributed by atoms with Crippen LogP contribution in [0.2, 0.25) is 0 Å². The number of rotatable bonds is 7. The summed E-state index contributed by atoms with van der Waals surface area (Å²) < 4.78 is 6.51. The van der Waals surface area contributed by atoms with Crippen molar-refractivity contribution >= 4 is 39.9 Å². The number of amides is 1. The van der Waals surface area contributed by atoms with Crippen LogP contribution in [0.5, 0.6) is 5.75 Å². The summed E-state index contributed by atoms with van der Waals surface area (Å²) >= 11 is 3.42. The van der Waals surface area contributed by atoms with E-state index in [1.807, 2.05) is 39.1 Å². The molecule has 20 heavy (non-hydrogen) atoms. The molecule has 0 aromatic heterocycles. The lowest BCUT2D eigenvalue weighted by Crippen LogP contribution is -2.15. The maximum absolute atomic E-state index is 11.7. The van der Waals surface area contributed by atoms with Gasteiger partial charge in [0, 0.05) is 22.6 Å². The van der Waals surface area contributed by atoms with Crippen LogP contribution < -0.4 is 15.4 Å². The van der Waals surface area contributed by atoms with E-state index in [2.05, 4.69) is 26.6 Å². The standard InChI is InChI=1S/C14H21BrN2O2.ClH/c1-10(2)19-13-8-11(15)7-12(9-13)17-14(18)5-4-6-16-3;/h7-10,16H,4-6H2,1-3H3,(H,17,18);1H. The predicted octanol–water partition coefficient (Wildman–Crippen LogP) is 3.60. The van der Waals surface area contributed by atoms with E-state index in [0.29, 0.717) is 6.42 Å². The Hall–Kier alpha value is -0.780. The number of halogens is 2. The Morgan fingerprint density at radius 2 is 2.05 bits per heavy atom. The van der Waals surface area contributed by atoms with Gasteiger partial charge in [0.25, 0.3) is 0 Å². The lowest BCUT2D eigenvalue weighted by molar-refractivity contribution is -0.116. The summed E-state index contributed by atoms with van der Waals surface area (Å²) in [5, 5.41) is 5.90. The molecular formula is C14H22BrClN2O2. The molecule has 0 saturated heterocycles. The van der Waals surface area contributed by atoms with Crippen LogP contribution >= 0.6 is 28.3 Å². The lowest BCUT2D eigenvalue weighted by atomic mass is 10.2. The molecule has 1 aromatic rings. The number of ether oxygens (including phenoxy) is 1. The van der Waals surface area contributed by atoms with Crippen LogP contribution in [-0.2, 0) is 4.79 Å². The highest BCUT2D eigenvalue weighted by Gasteiger charge is 2.06. The fourth-order valence-corrected chi connectivity index (χ4v) is 2.10. The van der Waals surface area contributed by atoms with Crippen molar-refractivity contribution in [2.45, 2.75) is 32.8 Å². The summed E-state index contributed by atoms with van der Waals surface area (Å²) in [6.45, 7) is 4.78. The van der Waals surface area contributed by atoms with Crippen LogP contribution in [-0.4, -0.2) is 25.6 Å². The van der Waals surface area contributed by atoms with E-state index in [1.165, 1.54) is 0 Å². The summed E-state index contributed by atoms with van der Waals surface area (Å²) in [6.07, 6.45) is 1.44. The Bertz CT molecular complexity index is 428. The van der Waals surface area contributed by atoms with Crippen molar-refractivity contribution in [1.29, 1.82) is 0 Å². The fraction of sp³-hybridized carbons (Fsp3) is 0.500. The number of anilines is 1. The first-order chi connectivity index (χ1) is 9.01. The number of benzene rings is 1. The highest BCUT2D eigenvalue weighted by atomic mass is 79.9. The molecule has 0 heterocycles. The van der Waals surface area contributed by atoms with Crippen LogP contribution in [0.3, 0.4) is 0 Å². The summed E-state index contributed by atoms with van der Waals surface area (Å²) in [5.74, 6) is 0.763. The second kappa shape index (κ2) is 10.0. The second-order valence-electron chi connectivity index (χ2n) is 4.60. The molecular weight excluding hydrogens is 344 g/mol. The van der Waals surface area contributed by atoms with Crippen LogP contribution in [0.4, 0.5) is 5.69 Å². The van der Waals surface area contributed by atoms with Gasteiger partial charge in [0.05, 0.1) is 6.10 Å². The van der Waals surface area contributed by atoms with E-state index in [1.54, 1.807) is 0 Å². The molecule has 1 amide bonds. The molecule has 0 aliphatic heterocycles. The molecule has 0 aliphatic rings. The molecule has 0 unspecified atom stereocenters. The van der Waals surface area contributed by atoms with Gasteiger partial charge in [-0.2, -0.15) is 0 Å². The summed E-state index contributed by atoms with van der Waals surface area (Å²) in [4.78, 5) is 11.7. The Morgan fingerprint density at radius 1 is 1.35 bits per heavy atom. The quantitative estimate of drug-likeness (QED) is 0.726. The van der Waals surface area contributed by atoms with Crippen LogP contribution in [0.15, 0.2) is 22.7 Å². The SMILES string of the molecule is CNCCCC(=O)Nc1cc(Br)cc(OC(C)C)c1.Cl. The van der Waals surface area contributed by atoms with Crippen molar-refractivity contribution in [2.75, 3.05) is 18.9 Å². The minimum absolute atomic E-state index is 0. The zero-order valence-electron chi connectivity index (χ0n) is 12.0. The van der Waals surface area contributed by atoms with E-state index < -0.39 is 0 Å². The maximum Gasteiger partial charge on any atom is 0.224 e. The molecule has 6 heteroatoms. The third-order valence-corrected chi connectivity index (χ3v) is 2.82. The van der Waals surface area contributed by atoms with Crippen molar-refractivity contribution in [3.05, 3.63) is 22.7 Å². The smallest absolute Gasteiger partial charge is 0.224 e. The summed E-state index contributed by atoms with van der Waals surface area (Å²) in [5.41, 5.74) is 0.750. The van der Waals surface area contributed by atoms with Crippen LogP contribution in [0, 0.1) is 0 Å². The van der Waals surface area contributed by atoms with Gasteiger partial charge in [-0.1, -0.05) is 15.9 Å². The third-order valence-electron chi connectivity index (χ3n) is 2.36. The average molecular weight is 366 g/mol. The Labute approximate surface area is 135 Å². The van der Waals surface area contributed by atoms with Crippen molar-refractivity contribution in [3.63, 3.8) is 0 Å². The zero-order chi connectivity index (χ0) is 14.3. The zero-order valence-corrected chi connectivity index (χ0v) is 14.4. The first-order valence-electron chi connectivity index (χ1n) is 6.43. The first kappa shape index (κ1) is 19.2. The highest BCUT2D eigenvalue weighted by molar-refractivity contribution is 9.10. The molecule has 0 radical (unpaired) electrons. The lowest BCUT2D eigenvalue weighted by Gasteiger charge is -2.12. The Balaban J connectivity index is 0.00000361. The molecule has 1 rings (SSSR count). The van der Waals surface area contributed by atoms with Gasteiger partial charge in [0.1, 0.15) is 5.75 Å². The maximum atomic E-state index is 11.7. The van der Waals surface area contributed by atoms with Gasteiger partial charge in [-0.3, -0.25) is 4.79 Å². The molecule has 0 saturated carbocycles. The Morgan fingerprint density at radius 3 is 2.65 bits per heavy atom. The number of hydrogen-bond acceptors (Lipinski definition) is 3. The van der Waals surface area contributed by atoms with Gasteiger partial charge in [-0.15, -0.1) is 12.4 Å². The second-order valence-corrected chi connectivity index (χ2v) is 5.51. The molecule has 0 aliphatic carbocycles. The van der Waals surface area contributed by atoms with Gasteiger partial charge in [-0.25, -0.2) is 0 Å². The fourth-order valence-electron chi connectivity index (χ4n) is 1.62. The number of nitrogens with one attached hydrogen (secondary N) is 2.